The van der Waals surface area contributed by atoms with Gasteiger partial charge in [-0.15, -0.1) is 0 Å². The normalized spacial score (nSPS) is 17.0. The highest BCUT2D eigenvalue weighted by Gasteiger charge is 2.14. The highest BCUT2D eigenvalue weighted by Crippen LogP contribution is 2.35. The van der Waals surface area contributed by atoms with Gasteiger partial charge in [0.05, 0.1) is 7.11 Å². The van der Waals surface area contributed by atoms with Gasteiger partial charge in [-0.1, -0.05) is 24.3 Å². The van der Waals surface area contributed by atoms with Crippen molar-refractivity contribution in [3.8, 4) is 5.75 Å². The second-order valence-corrected chi connectivity index (χ2v) is 3.93. The van der Waals surface area contributed by atoms with Gasteiger partial charge in [-0.25, -0.2) is 4.79 Å². The van der Waals surface area contributed by atoms with Gasteiger partial charge >= 0.3 is 5.97 Å². The second-order valence-electron chi connectivity index (χ2n) is 3.93. The van der Waals surface area contributed by atoms with Gasteiger partial charge in [0.25, 0.3) is 0 Å². The first-order chi connectivity index (χ1) is 8.20. The zero-order valence-electron chi connectivity index (χ0n) is 9.64. The maximum atomic E-state index is 10.6. The Balaban J connectivity index is 2.33. The molecule has 0 saturated heterocycles. The molecule has 88 valence electrons. The van der Waals surface area contributed by atoms with Crippen LogP contribution in [-0.2, 0) is 4.79 Å². The minimum atomic E-state index is -0.891. The molecule has 0 amide bonds. The van der Waals surface area contributed by atoms with Crippen molar-refractivity contribution in [2.24, 2.45) is 0 Å². The summed E-state index contributed by atoms with van der Waals surface area (Å²) in [6.07, 6.45) is 4.84. The molecule has 0 fully saturated rings. The minimum absolute atomic E-state index is 0.777. The van der Waals surface area contributed by atoms with Crippen LogP contribution in [0.5, 0.6) is 5.75 Å². The number of allylic oxidation sites excluding steroid dienone is 3. The van der Waals surface area contributed by atoms with E-state index in [0.29, 0.717) is 0 Å². The Kier molecular flexibility index (Phi) is 3.28. The quantitative estimate of drug-likeness (QED) is 0.812. The van der Waals surface area contributed by atoms with Crippen LogP contribution in [0.4, 0.5) is 0 Å². The molecule has 1 aliphatic carbocycles. The molecule has 1 aromatic rings. The molecule has 1 aromatic carbocycles. The maximum Gasteiger partial charge on any atom is 0.328 e. The van der Waals surface area contributed by atoms with Crippen LogP contribution in [-0.4, -0.2) is 18.2 Å². The van der Waals surface area contributed by atoms with Crippen LogP contribution in [0.1, 0.15) is 18.4 Å². The molecular weight excluding hydrogens is 216 g/mol. The molecule has 0 saturated carbocycles. The summed E-state index contributed by atoms with van der Waals surface area (Å²) in [5, 5.41) is 8.70. The molecule has 0 unspecified atom stereocenters. The van der Waals surface area contributed by atoms with E-state index in [1.165, 1.54) is 6.08 Å². The van der Waals surface area contributed by atoms with E-state index >= 15 is 0 Å². The molecule has 0 aliphatic heterocycles. The molecule has 1 aliphatic rings. The average Bonchev–Trinajstić information content (AvgIpc) is 2.76. The molecule has 0 spiro atoms. The van der Waals surface area contributed by atoms with Gasteiger partial charge in [0.15, 0.2) is 0 Å². The van der Waals surface area contributed by atoms with Crippen LogP contribution < -0.4 is 4.74 Å². The smallest absolute Gasteiger partial charge is 0.328 e. The van der Waals surface area contributed by atoms with E-state index in [9.17, 15) is 4.79 Å². The van der Waals surface area contributed by atoms with Gasteiger partial charge in [-0.05, 0) is 30.1 Å². The summed E-state index contributed by atoms with van der Waals surface area (Å²) >= 11 is 0. The molecule has 17 heavy (non-hydrogen) atoms. The van der Waals surface area contributed by atoms with Gasteiger partial charge < -0.3 is 9.84 Å². The zero-order valence-corrected chi connectivity index (χ0v) is 9.64. The van der Waals surface area contributed by atoms with Gasteiger partial charge in [-0.2, -0.15) is 0 Å². The van der Waals surface area contributed by atoms with Crippen LogP contribution in [0.2, 0.25) is 0 Å². The number of carbonyl (C=O) groups is 1. The Labute approximate surface area is 100 Å². The van der Waals surface area contributed by atoms with Crippen molar-refractivity contribution >= 4 is 11.5 Å². The van der Waals surface area contributed by atoms with Crippen LogP contribution >= 0.6 is 0 Å². The monoisotopic (exact) mass is 230 g/mol. The molecule has 1 N–H and O–H groups in total. The van der Waals surface area contributed by atoms with Gasteiger partial charge in [0.2, 0.25) is 0 Å². The van der Waals surface area contributed by atoms with E-state index in [2.05, 4.69) is 0 Å². The Bertz CT molecular complexity index is 498. The fourth-order valence-corrected chi connectivity index (χ4v) is 2.04. The van der Waals surface area contributed by atoms with Crippen LogP contribution in [0, 0.1) is 0 Å². The van der Waals surface area contributed by atoms with Crippen LogP contribution in [0.15, 0.2) is 42.0 Å². The highest BCUT2D eigenvalue weighted by atomic mass is 16.5. The molecule has 0 radical (unpaired) electrons. The lowest BCUT2D eigenvalue weighted by molar-refractivity contribution is -0.131. The third kappa shape index (κ3) is 2.56. The molecule has 0 bridgehead atoms. The van der Waals surface area contributed by atoms with Crippen LogP contribution in [0.3, 0.4) is 0 Å². The lowest BCUT2D eigenvalue weighted by Crippen LogP contribution is -1.89. The predicted octanol–water partition coefficient (Wildman–Crippen LogP) is 2.88. The molecule has 3 nitrogen and oxygen atoms in total. The van der Waals surface area contributed by atoms with Crippen molar-refractivity contribution in [1.29, 1.82) is 0 Å². The average molecular weight is 230 g/mol. The number of para-hydroxylation sites is 1. The number of carboxylic acids is 1. The summed E-state index contributed by atoms with van der Waals surface area (Å²) in [4.78, 5) is 10.6. The van der Waals surface area contributed by atoms with E-state index in [1.807, 2.05) is 30.3 Å². The number of aliphatic carboxylic acids is 1. The third-order valence-corrected chi connectivity index (χ3v) is 2.80. The topological polar surface area (TPSA) is 46.5 Å². The van der Waals surface area contributed by atoms with Gasteiger partial charge in [0.1, 0.15) is 5.75 Å². The first-order valence-electron chi connectivity index (χ1n) is 5.48. The number of hydrogen-bond donors (Lipinski definition) is 1. The van der Waals surface area contributed by atoms with E-state index < -0.39 is 5.97 Å². The molecule has 0 atom stereocenters. The van der Waals surface area contributed by atoms with E-state index in [4.69, 9.17) is 9.84 Å². The summed E-state index contributed by atoms with van der Waals surface area (Å²) in [6, 6.07) is 7.78. The molecule has 2 rings (SSSR count). The van der Waals surface area contributed by atoms with Crippen molar-refractivity contribution in [3.05, 3.63) is 47.6 Å². The van der Waals surface area contributed by atoms with Crippen molar-refractivity contribution in [1.82, 2.24) is 0 Å². The van der Waals surface area contributed by atoms with Crippen molar-refractivity contribution < 1.29 is 14.6 Å². The summed E-state index contributed by atoms with van der Waals surface area (Å²) in [7, 11) is 1.64. The fourth-order valence-electron chi connectivity index (χ4n) is 2.04. The SMILES string of the molecule is COc1ccccc1C1=C/C(=C/C(=O)O)CC1. The number of methoxy groups -OCH3 is 1. The van der Waals surface area contributed by atoms with Gasteiger partial charge in [-0.3, -0.25) is 0 Å². The molecule has 0 aromatic heterocycles. The van der Waals surface area contributed by atoms with Crippen molar-refractivity contribution in [2.75, 3.05) is 7.11 Å². The second kappa shape index (κ2) is 4.87. The maximum absolute atomic E-state index is 10.6. The summed E-state index contributed by atoms with van der Waals surface area (Å²) in [5.41, 5.74) is 3.04. The standard InChI is InChI=1S/C14H14O3/c1-17-13-5-3-2-4-12(13)11-7-6-10(8-11)9-14(15)16/h2-5,8-9H,6-7H2,1H3,(H,15,16)/b10-9+. The Morgan fingerprint density at radius 3 is 2.82 bits per heavy atom. The highest BCUT2D eigenvalue weighted by molar-refractivity contribution is 5.84. The van der Waals surface area contributed by atoms with Crippen molar-refractivity contribution in [3.63, 3.8) is 0 Å². The fraction of sp³-hybridized carbons (Fsp3) is 0.214. The lowest BCUT2D eigenvalue weighted by Gasteiger charge is -2.07. The molecule has 3 heteroatoms. The summed E-state index contributed by atoms with van der Waals surface area (Å²) < 4.78 is 5.30. The minimum Gasteiger partial charge on any atom is -0.496 e. The van der Waals surface area contributed by atoms with E-state index in [-0.39, 0.29) is 0 Å². The van der Waals surface area contributed by atoms with E-state index in [0.717, 1.165) is 35.3 Å². The third-order valence-electron chi connectivity index (χ3n) is 2.80. The molecular formula is C14H14O3. The molecule has 0 heterocycles. The number of rotatable bonds is 3. The van der Waals surface area contributed by atoms with Crippen LogP contribution in [0.25, 0.3) is 5.57 Å². The Morgan fingerprint density at radius 1 is 1.35 bits per heavy atom. The van der Waals surface area contributed by atoms with Gasteiger partial charge in [0, 0.05) is 11.6 Å². The van der Waals surface area contributed by atoms with Crippen molar-refractivity contribution in [2.45, 2.75) is 12.8 Å². The lowest BCUT2D eigenvalue weighted by atomic mass is 10.0. The first kappa shape index (κ1) is 11.5. The largest absolute Gasteiger partial charge is 0.496 e. The number of hydrogen-bond acceptors (Lipinski definition) is 2. The first-order valence-corrected chi connectivity index (χ1v) is 5.48. The summed E-state index contributed by atoms with van der Waals surface area (Å²) in [5.74, 6) is -0.0622. The summed E-state index contributed by atoms with van der Waals surface area (Å²) in [6.45, 7) is 0. The van der Waals surface area contributed by atoms with E-state index in [1.54, 1.807) is 7.11 Å². The predicted molar refractivity (Wildman–Crippen MR) is 65.9 cm³/mol. The Morgan fingerprint density at radius 2 is 2.12 bits per heavy atom. The number of benzene rings is 1. The number of ether oxygens (including phenoxy) is 1. The Hall–Kier alpha value is -2.03. The zero-order chi connectivity index (χ0) is 12.3. The number of carboxylic acid groups (broad SMARTS) is 1.